The number of rotatable bonds is 11. The van der Waals surface area contributed by atoms with Gasteiger partial charge in [0.15, 0.2) is 12.4 Å². The van der Waals surface area contributed by atoms with Crippen LogP contribution in [0.5, 0.6) is 17.2 Å². The predicted octanol–water partition coefficient (Wildman–Crippen LogP) is 5.31. The number of esters is 1. The average Bonchev–Trinajstić information content (AvgIpc) is 3.60. The van der Waals surface area contributed by atoms with Crippen molar-refractivity contribution in [3.05, 3.63) is 123 Å². The Morgan fingerprint density at radius 2 is 1.47 bits per heavy atom. The molecule has 18 heteroatoms. The number of fused-ring (bicyclic) bond motifs is 6. The Labute approximate surface area is 377 Å². The number of benzene rings is 4. The number of ether oxygens (including phenoxy) is 6. The van der Waals surface area contributed by atoms with Crippen molar-refractivity contribution < 1.29 is 77.6 Å². The maximum atomic E-state index is 14.1. The third-order valence-electron chi connectivity index (χ3n) is 11.8. The van der Waals surface area contributed by atoms with Crippen molar-refractivity contribution in [3.63, 3.8) is 0 Å². The van der Waals surface area contributed by atoms with Crippen molar-refractivity contribution in [3.8, 4) is 28.4 Å². The van der Waals surface area contributed by atoms with Gasteiger partial charge >= 0.3 is 18.2 Å². The minimum Gasteiger partial charge on any atom is -0.507 e. The van der Waals surface area contributed by atoms with Crippen molar-refractivity contribution in [2.24, 2.45) is 0 Å². The van der Waals surface area contributed by atoms with Crippen LogP contribution >= 0.6 is 0 Å². The standard InChI is InChI=1S/C48H46N2O16/c1-47(2,3)66-46(59)50-30-16-36(63-21-31(30)51)65-33-18-48(60,17-28-38(33)44(57)40-39(42(28)55)41(54)27-14-9-15-32(61-4)37(27)43(40)56)34(52)22-62-35(53)19-49-45(58)64-20-29-25-12-7-5-10-23(25)24-11-6-8-13-26(24)29/h5-15,21,29-30,33,36,51,55,57,60H,16-20,22H2,1-4H3,(H,49,58)(H,50,59)/t30?,33-,36?,48?/m0/s1. The van der Waals surface area contributed by atoms with Crippen LogP contribution in [-0.2, 0) is 39.7 Å². The number of Topliss-reactive ketones (excluding diaryl/α,β-unsaturated/α-hetero) is 1. The molecule has 0 spiro atoms. The lowest BCUT2D eigenvalue weighted by molar-refractivity contribution is -0.182. The summed E-state index contributed by atoms with van der Waals surface area (Å²) in [5, 5.41) is 51.2. The van der Waals surface area contributed by atoms with Crippen LogP contribution in [0.2, 0.25) is 0 Å². The molecule has 0 saturated carbocycles. The molecule has 3 unspecified atom stereocenters. The molecule has 2 amide bonds. The summed E-state index contributed by atoms with van der Waals surface area (Å²) in [5.41, 5.74) is -1.49. The molecular weight excluding hydrogens is 861 g/mol. The smallest absolute Gasteiger partial charge is 0.408 e. The zero-order chi connectivity index (χ0) is 47.2. The van der Waals surface area contributed by atoms with Crippen molar-refractivity contribution in [1.29, 1.82) is 0 Å². The Hall–Kier alpha value is -7.44. The fourth-order valence-corrected chi connectivity index (χ4v) is 8.82. The van der Waals surface area contributed by atoms with E-state index in [1.165, 1.54) is 25.3 Å². The van der Waals surface area contributed by atoms with Gasteiger partial charge in [0.25, 0.3) is 0 Å². The quantitative estimate of drug-likeness (QED) is 0.0558. The van der Waals surface area contributed by atoms with Gasteiger partial charge in [0.1, 0.15) is 53.6 Å². The summed E-state index contributed by atoms with van der Waals surface area (Å²) in [6, 6.07) is 18.6. The first-order valence-electron chi connectivity index (χ1n) is 21.0. The van der Waals surface area contributed by atoms with Crippen LogP contribution in [0.4, 0.5) is 9.59 Å². The lowest BCUT2D eigenvalue weighted by Gasteiger charge is -2.40. The molecule has 0 bridgehead atoms. The molecule has 8 rings (SSSR count). The Kier molecular flexibility index (Phi) is 12.0. The Morgan fingerprint density at radius 1 is 0.818 bits per heavy atom. The van der Waals surface area contributed by atoms with Gasteiger partial charge in [0.05, 0.1) is 35.9 Å². The minimum absolute atomic E-state index is 0.0228. The van der Waals surface area contributed by atoms with Gasteiger partial charge in [-0.2, -0.15) is 0 Å². The molecule has 1 heterocycles. The normalized spacial score (nSPS) is 20.5. The fraction of sp³-hybridized carbons (Fsp3) is 0.333. The first-order valence-corrected chi connectivity index (χ1v) is 21.0. The number of amides is 2. The number of phenolic OH excluding ortho intramolecular Hbond substituents is 2. The van der Waals surface area contributed by atoms with Gasteiger partial charge in [0.2, 0.25) is 17.9 Å². The SMILES string of the molecule is COc1cccc2c1C(=O)c1c(O)c3c(c(O)c1C2=O)CC(O)(C(=O)COC(=O)CNC(=O)OCC1c2ccccc2-c2ccccc21)C[C@@H]3OC1CC(NC(=O)OC(C)(C)C)C(O)=CO1. The van der Waals surface area contributed by atoms with Gasteiger partial charge in [-0.25, -0.2) is 9.59 Å². The van der Waals surface area contributed by atoms with E-state index in [0.29, 0.717) is 0 Å². The second-order valence-corrected chi connectivity index (χ2v) is 17.2. The van der Waals surface area contributed by atoms with Gasteiger partial charge in [-0.15, -0.1) is 0 Å². The highest BCUT2D eigenvalue weighted by Gasteiger charge is 2.50. The van der Waals surface area contributed by atoms with E-state index in [2.05, 4.69) is 10.6 Å². The Morgan fingerprint density at radius 3 is 2.14 bits per heavy atom. The predicted molar refractivity (Wildman–Crippen MR) is 229 cm³/mol. The molecule has 4 aliphatic rings. The average molecular weight is 907 g/mol. The molecule has 4 aromatic rings. The van der Waals surface area contributed by atoms with Crippen LogP contribution in [0.3, 0.4) is 0 Å². The highest BCUT2D eigenvalue weighted by Crippen LogP contribution is 2.53. The number of alkyl carbamates (subject to hydrolysis) is 2. The van der Waals surface area contributed by atoms with E-state index >= 15 is 0 Å². The number of methoxy groups -OCH3 is 1. The number of aromatic hydroxyl groups is 2. The van der Waals surface area contributed by atoms with Gasteiger partial charge in [0, 0.05) is 41.9 Å². The molecule has 4 atom stereocenters. The van der Waals surface area contributed by atoms with E-state index in [4.69, 9.17) is 28.4 Å². The largest absolute Gasteiger partial charge is 0.507 e. The topological polar surface area (TPSA) is 263 Å². The van der Waals surface area contributed by atoms with Crippen molar-refractivity contribution in [1.82, 2.24) is 10.6 Å². The molecule has 0 radical (unpaired) electrons. The van der Waals surface area contributed by atoms with E-state index in [0.717, 1.165) is 28.5 Å². The number of ketones is 3. The number of phenols is 2. The van der Waals surface area contributed by atoms with Crippen LogP contribution in [0, 0.1) is 0 Å². The second kappa shape index (κ2) is 17.5. The lowest BCUT2D eigenvalue weighted by Crippen LogP contribution is -2.49. The molecule has 344 valence electrons. The molecule has 3 aliphatic carbocycles. The van der Waals surface area contributed by atoms with E-state index in [9.17, 15) is 49.2 Å². The number of aliphatic hydroxyl groups is 2. The van der Waals surface area contributed by atoms with Gasteiger partial charge < -0.3 is 59.5 Å². The van der Waals surface area contributed by atoms with Crippen molar-refractivity contribution >= 4 is 35.5 Å². The summed E-state index contributed by atoms with van der Waals surface area (Å²) in [6.07, 6.45) is -5.64. The Balaban J connectivity index is 0.999. The fourth-order valence-electron chi connectivity index (χ4n) is 8.82. The van der Waals surface area contributed by atoms with Crippen molar-refractivity contribution in [2.75, 3.05) is 26.9 Å². The highest BCUT2D eigenvalue weighted by atomic mass is 16.7. The van der Waals surface area contributed by atoms with Crippen LogP contribution in [0.1, 0.15) is 99.7 Å². The lowest BCUT2D eigenvalue weighted by atomic mass is 9.72. The van der Waals surface area contributed by atoms with Crippen LogP contribution < -0.4 is 15.4 Å². The zero-order valence-electron chi connectivity index (χ0n) is 36.2. The zero-order valence-corrected chi connectivity index (χ0v) is 36.2. The second-order valence-electron chi connectivity index (χ2n) is 17.2. The molecule has 18 nitrogen and oxygen atoms in total. The first kappa shape index (κ1) is 45.1. The minimum atomic E-state index is -2.53. The number of carbonyl (C=O) groups excluding carboxylic acids is 6. The van der Waals surface area contributed by atoms with E-state index in [-0.39, 0.29) is 46.9 Å². The van der Waals surface area contributed by atoms with Crippen molar-refractivity contribution in [2.45, 2.75) is 75.6 Å². The summed E-state index contributed by atoms with van der Waals surface area (Å²) in [6.45, 7) is 3.14. The van der Waals surface area contributed by atoms with E-state index < -0.39 is 120 Å². The molecule has 0 aromatic heterocycles. The summed E-state index contributed by atoms with van der Waals surface area (Å²) in [4.78, 5) is 80.2. The number of carbonyl (C=O) groups is 6. The summed E-state index contributed by atoms with van der Waals surface area (Å²) in [5.74, 6) is -6.15. The third kappa shape index (κ3) is 8.47. The van der Waals surface area contributed by atoms with Gasteiger partial charge in [-0.1, -0.05) is 60.7 Å². The summed E-state index contributed by atoms with van der Waals surface area (Å²) in [7, 11) is 1.29. The van der Waals surface area contributed by atoms with Crippen LogP contribution in [0.15, 0.2) is 78.8 Å². The molecule has 0 fully saturated rings. The molecule has 4 aromatic carbocycles. The number of aliphatic hydroxyl groups excluding tert-OH is 1. The van der Waals surface area contributed by atoms with Gasteiger partial charge in [-0.05, 0) is 49.1 Å². The van der Waals surface area contributed by atoms with Crippen LogP contribution in [0.25, 0.3) is 11.1 Å². The number of hydrogen-bond donors (Lipinski definition) is 6. The highest BCUT2D eigenvalue weighted by molar-refractivity contribution is 6.31. The summed E-state index contributed by atoms with van der Waals surface area (Å²) >= 11 is 0. The summed E-state index contributed by atoms with van der Waals surface area (Å²) < 4.78 is 33.0. The monoisotopic (exact) mass is 906 g/mol. The molecular formula is C48H46N2O16. The molecule has 66 heavy (non-hydrogen) atoms. The molecule has 0 saturated heterocycles. The maximum absolute atomic E-state index is 14.1. The number of nitrogens with one attached hydrogen (secondary N) is 2. The maximum Gasteiger partial charge on any atom is 0.408 e. The first-order chi connectivity index (χ1) is 31.4. The number of hydrogen-bond acceptors (Lipinski definition) is 16. The van der Waals surface area contributed by atoms with E-state index in [1.54, 1.807) is 20.8 Å². The molecule has 6 N–H and O–H groups in total. The van der Waals surface area contributed by atoms with Gasteiger partial charge in [-0.3, -0.25) is 19.2 Å². The Bertz CT molecular complexity index is 2680. The van der Waals surface area contributed by atoms with Crippen LogP contribution in [-0.4, -0.2) is 106 Å². The molecule has 1 aliphatic heterocycles. The third-order valence-corrected chi connectivity index (χ3v) is 11.8. The van der Waals surface area contributed by atoms with E-state index in [1.807, 2.05) is 48.5 Å².